The molecule has 0 saturated carbocycles. The third-order valence-corrected chi connectivity index (χ3v) is 4.61. The van der Waals surface area contributed by atoms with Crippen molar-refractivity contribution >= 4 is 34.2 Å². The summed E-state index contributed by atoms with van der Waals surface area (Å²) in [6.45, 7) is -0.118. The lowest BCUT2D eigenvalue weighted by atomic mass is 10.3. The lowest BCUT2D eigenvalue weighted by molar-refractivity contribution is 0.350. The fourth-order valence-corrected chi connectivity index (χ4v) is 3.52. The number of aliphatic hydroxyl groups excluding tert-OH is 1. The quantitative estimate of drug-likeness (QED) is 0.594. The van der Waals surface area contributed by atoms with Crippen LogP contribution in [0.5, 0.6) is 0 Å². The van der Waals surface area contributed by atoms with Gasteiger partial charge >= 0.3 is 0 Å². The second-order valence-electron chi connectivity index (χ2n) is 3.95. The number of nitrogens with zero attached hydrogens (tertiary/aromatic N) is 1. The predicted octanol–water partition coefficient (Wildman–Crippen LogP) is 3.53. The molecule has 20 heavy (non-hydrogen) atoms. The summed E-state index contributed by atoms with van der Waals surface area (Å²) >= 11 is 3.21. The van der Waals surface area contributed by atoms with Gasteiger partial charge in [-0.15, -0.1) is 11.3 Å². The van der Waals surface area contributed by atoms with Crippen molar-refractivity contribution < 1.29 is 9.52 Å². The highest BCUT2D eigenvalue weighted by molar-refractivity contribution is 7.98. The van der Waals surface area contributed by atoms with Crippen LogP contribution in [-0.2, 0) is 5.75 Å². The summed E-state index contributed by atoms with van der Waals surface area (Å²) in [7, 11) is 0. The fourth-order valence-electron chi connectivity index (χ4n) is 1.74. The standard InChI is InChI=1S/C15H11NO2S2/c17-8-3-4-11-7-9-19-14(11)10-20-15-16-12-5-1-2-6-13(12)18-15/h1-2,5-7,9,17H,8,10H2. The van der Waals surface area contributed by atoms with E-state index < -0.39 is 0 Å². The van der Waals surface area contributed by atoms with E-state index in [9.17, 15) is 0 Å². The van der Waals surface area contributed by atoms with Crippen molar-refractivity contribution in [1.29, 1.82) is 0 Å². The molecule has 0 amide bonds. The Morgan fingerprint density at radius 1 is 1.30 bits per heavy atom. The van der Waals surface area contributed by atoms with Crippen LogP contribution in [0.15, 0.2) is 45.4 Å². The highest BCUT2D eigenvalue weighted by atomic mass is 32.2. The summed E-state index contributed by atoms with van der Waals surface area (Å²) in [5.74, 6) is 6.39. The third kappa shape index (κ3) is 2.88. The Labute approximate surface area is 124 Å². The fraction of sp³-hybridized carbons (Fsp3) is 0.133. The van der Waals surface area contributed by atoms with Crippen molar-refractivity contribution in [2.75, 3.05) is 6.61 Å². The van der Waals surface area contributed by atoms with E-state index in [1.54, 1.807) is 23.1 Å². The summed E-state index contributed by atoms with van der Waals surface area (Å²) in [6, 6.07) is 9.70. The number of rotatable bonds is 3. The van der Waals surface area contributed by atoms with Crippen LogP contribution in [0.1, 0.15) is 10.4 Å². The molecule has 1 aromatic carbocycles. The van der Waals surface area contributed by atoms with Crippen LogP contribution in [0.4, 0.5) is 0 Å². The van der Waals surface area contributed by atoms with E-state index >= 15 is 0 Å². The first-order valence-corrected chi connectivity index (χ1v) is 7.88. The molecule has 3 nitrogen and oxygen atoms in total. The van der Waals surface area contributed by atoms with Crippen molar-refractivity contribution in [3.63, 3.8) is 0 Å². The number of aromatic nitrogens is 1. The molecule has 3 aromatic rings. The molecular weight excluding hydrogens is 290 g/mol. The van der Waals surface area contributed by atoms with Gasteiger partial charge in [0.25, 0.3) is 5.22 Å². The second-order valence-corrected chi connectivity index (χ2v) is 5.88. The second kappa shape index (κ2) is 6.14. The van der Waals surface area contributed by atoms with Gasteiger partial charge in [0.05, 0.1) is 0 Å². The highest BCUT2D eigenvalue weighted by Gasteiger charge is 2.08. The van der Waals surface area contributed by atoms with Crippen molar-refractivity contribution in [3.05, 3.63) is 46.2 Å². The van der Waals surface area contributed by atoms with Gasteiger partial charge in [-0.3, -0.25) is 0 Å². The van der Waals surface area contributed by atoms with E-state index in [0.29, 0.717) is 5.22 Å². The zero-order valence-electron chi connectivity index (χ0n) is 10.5. The molecule has 0 saturated heterocycles. The molecule has 0 aliphatic heterocycles. The molecule has 100 valence electrons. The Kier molecular flexibility index (Phi) is 4.07. The Morgan fingerprint density at radius 3 is 3.05 bits per heavy atom. The summed E-state index contributed by atoms with van der Waals surface area (Å²) in [5, 5.41) is 11.4. The number of hydrogen-bond acceptors (Lipinski definition) is 5. The lowest BCUT2D eigenvalue weighted by Gasteiger charge is -1.95. The number of benzene rings is 1. The molecule has 1 N–H and O–H groups in total. The Balaban J connectivity index is 1.74. The first kappa shape index (κ1) is 13.3. The van der Waals surface area contributed by atoms with Gasteiger partial charge in [0.1, 0.15) is 12.1 Å². The van der Waals surface area contributed by atoms with Gasteiger partial charge in [-0.1, -0.05) is 35.7 Å². The molecule has 0 aliphatic rings. The Hall–Kier alpha value is -1.74. The molecule has 0 radical (unpaired) electrons. The number of fused-ring (bicyclic) bond motifs is 1. The van der Waals surface area contributed by atoms with Gasteiger partial charge in [-0.25, -0.2) is 4.98 Å². The van der Waals surface area contributed by atoms with Crippen LogP contribution in [-0.4, -0.2) is 16.7 Å². The van der Waals surface area contributed by atoms with Crippen LogP contribution in [0.2, 0.25) is 0 Å². The minimum atomic E-state index is -0.118. The van der Waals surface area contributed by atoms with Gasteiger partial charge in [0.2, 0.25) is 0 Å². The number of hydrogen-bond donors (Lipinski definition) is 1. The van der Waals surface area contributed by atoms with E-state index in [-0.39, 0.29) is 6.61 Å². The van der Waals surface area contributed by atoms with Crippen molar-refractivity contribution in [1.82, 2.24) is 4.98 Å². The number of thiophene rings is 1. The van der Waals surface area contributed by atoms with E-state index in [1.165, 1.54) is 4.88 Å². The number of aliphatic hydroxyl groups is 1. The van der Waals surface area contributed by atoms with E-state index in [4.69, 9.17) is 9.52 Å². The maximum Gasteiger partial charge on any atom is 0.257 e. The molecule has 2 aromatic heterocycles. The predicted molar refractivity (Wildman–Crippen MR) is 81.9 cm³/mol. The van der Waals surface area contributed by atoms with Crippen LogP contribution in [0.25, 0.3) is 11.1 Å². The molecular formula is C15H11NO2S2. The molecule has 0 atom stereocenters. The van der Waals surface area contributed by atoms with Crippen LogP contribution in [0.3, 0.4) is 0 Å². The molecule has 2 heterocycles. The SMILES string of the molecule is OCC#Cc1ccsc1CSc1nc2ccccc2o1. The molecule has 5 heteroatoms. The van der Waals surface area contributed by atoms with Crippen LogP contribution < -0.4 is 0 Å². The molecule has 0 spiro atoms. The minimum absolute atomic E-state index is 0.118. The number of para-hydroxylation sites is 2. The van der Waals surface area contributed by atoms with Gasteiger partial charge < -0.3 is 9.52 Å². The molecule has 0 bridgehead atoms. The molecule has 0 fully saturated rings. The van der Waals surface area contributed by atoms with Gasteiger partial charge in [0.15, 0.2) is 5.58 Å². The maximum absolute atomic E-state index is 8.74. The largest absolute Gasteiger partial charge is 0.431 e. The number of oxazole rings is 1. The smallest absolute Gasteiger partial charge is 0.257 e. The monoisotopic (exact) mass is 301 g/mol. The summed E-state index contributed by atoms with van der Waals surface area (Å²) in [6.07, 6.45) is 0. The van der Waals surface area contributed by atoms with Gasteiger partial charge in [0, 0.05) is 16.2 Å². The molecule has 3 rings (SSSR count). The zero-order chi connectivity index (χ0) is 13.8. The lowest BCUT2D eigenvalue weighted by Crippen LogP contribution is -1.81. The first-order valence-electron chi connectivity index (χ1n) is 6.01. The van der Waals surface area contributed by atoms with Crippen molar-refractivity contribution in [2.24, 2.45) is 0 Å². The van der Waals surface area contributed by atoms with Crippen LogP contribution in [0, 0.1) is 11.8 Å². The maximum atomic E-state index is 8.74. The average molecular weight is 301 g/mol. The van der Waals surface area contributed by atoms with Crippen LogP contribution >= 0.6 is 23.1 Å². The molecule has 0 unspecified atom stereocenters. The minimum Gasteiger partial charge on any atom is -0.431 e. The van der Waals surface area contributed by atoms with Gasteiger partial charge in [-0.2, -0.15) is 0 Å². The summed E-state index contributed by atoms with van der Waals surface area (Å²) in [4.78, 5) is 5.59. The van der Waals surface area contributed by atoms with E-state index in [1.807, 2.05) is 35.7 Å². The summed E-state index contributed by atoms with van der Waals surface area (Å²) < 4.78 is 5.67. The zero-order valence-corrected chi connectivity index (χ0v) is 12.1. The first-order chi connectivity index (χ1) is 9.86. The Morgan fingerprint density at radius 2 is 2.20 bits per heavy atom. The molecule has 0 aliphatic carbocycles. The average Bonchev–Trinajstić information content (AvgIpc) is 3.08. The van der Waals surface area contributed by atoms with Gasteiger partial charge in [-0.05, 0) is 23.6 Å². The van der Waals surface area contributed by atoms with E-state index in [0.717, 1.165) is 22.4 Å². The number of thioether (sulfide) groups is 1. The third-order valence-electron chi connectivity index (χ3n) is 2.65. The van der Waals surface area contributed by atoms with Crippen molar-refractivity contribution in [2.45, 2.75) is 11.0 Å². The topological polar surface area (TPSA) is 46.3 Å². The Bertz CT molecular complexity index is 747. The normalized spacial score (nSPS) is 10.4. The summed E-state index contributed by atoms with van der Waals surface area (Å²) in [5.41, 5.74) is 2.65. The van der Waals surface area contributed by atoms with E-state index in [2.05, 4.69) is 16.8 Å². The van der Waals surface area contributed by atoms with Crippen molar-refractivity contribution in [3.8, 4) is 11.8 Å². The highest BCUT2D eigenvalue weighted by Crippen LogP contribution is 2.29.